The molecule has 2 heterocycles. The van der Waals surface area contributed by atoms with Gasteiger partial charge in [-0.05, 0) is 19.8 Å². The van der Waals surface area contributed by atoms with Gasteiger partial charge in [0, 0.05) is 19.3 Å². The molecule has 2 rings (SSSR count). The Labute approximate surface area is 102 Å². The van der Waals surface area contributed by atoms with Crippen LogP contribution in [0, 0.1) is 0 Å². The maximum absolute atomic E-state index is 12.0. The maximum atomic E-state index is 12.0. The van der Waals surface area contributed by atoms with Gasteiger partial charge in [0.1, 0.15) is 5.56 Å². The number of aliphatic hydroxyl groups is 1. The molecule has 98 valence electrons. The highest BCUT2D eigenvalue weighted by atomic mass is 16.3. The van der Waals surface area contributed by atoms with E-state index >= 15 is 0 Å². The first-order valence-corrected chi connectivity index (χ1v) is 5.73. The first-order valence-electron chi connectivity index (χ1n) is 5.73. The van der Waals surface area contributed by atoms with Gasteiger partial charge >= 0.3 is 5.69 Å². The Hall–Kier alpha value is -1.89. The van der Waals surface area contributed by atoms with Crippen molar-refractivity contribution in [3.05, 3.63) is 32.6 Å². The Bertz CT molecular complexity index is 562. The molecule has 18 heavy (non-hydrogen) atoms. The second-order valence-electron chi connectivity index (χ2n) is 4.77. The van der Waals surface area contributed by atoms with Crippen LogP contribution in [-0.2, 0) is 0 Å². The number of piperidine rings is 1. The average Bonchev–Trinajstić information content (AvgIpc) is 2.28. The summed E-state index contributed by atoms with van der Waals surface area (Å²) in [7, 11) is 0. The number of nitrogens with one attached hydrogen (secondary N) is 2. The molecule has 1 aliphatic rings. The summed E-state index contributed by atoms with van der Waals surface area (Å²) in [4.78, 5) is 40.2. The van der Waals surface area contributed by atoms with Gasteiger partial charge in [-0.1, -0.05) is 0 Å². The third-order valence-corrected chi connectivity index (χ3v) is 3.18. The lowest BCUT2D eigenvalue weighted by molar-refractivity contribution is -0.00208. The van der Waals surface area contributed by atoms with Crippen LogP contribution in [0.1, 0.15) is 30.1 Å². The van der Waals surface area contributed by atoms with Crippen molar-refractivity contribution in [2.75, 3.05) is 13.1 Å². The normalized spacial score (nSPS) is 18.7. The van der Waals surface area contributed by atoms with Gasteiger partial charge in [-0.3, -0.25) is 14.6 Å². The number of carbonyl (C=O) groups excluding carboxylic acids is 1. The Morgan fingerprint density at radius 3 is 2.56 bits per heavy atom. The van der Waals surface area contributed by atoms with Crippen molar-refractivity contribution in [1.29, 1.82) is 0 Å². The number of likely N-dealkylation sites (tertiary alicyclic amines) is 1. The second kappa shape index (κ2) is 4.41. The number of aromatic amines is 2. The highest BCUT2D eigenvalue weighted by molar-refractivity contribution is 5.93. The summed E-state index contributed by atoms with van der Waals surface area (Å²) >= 11 is 0. The SMILES string of the molecule is CC1(O)CCN(C(=O)c2c[nH]c(=O)[nH]c2=O)CC1. The molecule has 0 spiro atoms. The Morgan fingerprint density at radius 1 is 1.39 bits per heavy atom. The molecule has 1 aliphatic heterocycles. The third-order valence-electron chi connectivity index (χ3n) is 3.18. The first-order chi connectivity index (χ1) is 8.39. The van der Waals surface area contributed by atoms with Crippen molar-refractivity contribution in [3.63, 3.8) is 0 Å². The van der Waals surface area contributed by atoms with E-state index in [0.717, 1.165) is 6.20 Å². The quantitative estimate of drug-likeness (QED) is 0.600. The first kappa shape index (κ1) is 12.6. The highest BCUT2D eigenvalue weighted by Crippen LogP contribution is 2.21. The predicted molar refractivity (Wildman–Crippen MR) is 63.4 cm³/mol. The van der Waals surface area contributed by atoms with Crippen LogP contribution in [0.4, 0.5) is 0 Å². The molecule has 1 saturated heterocycles. The minimum Gasteiger partial charge on any atom is -0.390 e. The van der Waals surface area contributed by atoms with Gasteiger partial charge in [-0.25, -0.2) is 4.79 Å². The van der Waals surface area contributed by atoms with E-state index in [1.54, 1.807) is 6.92 Å². The van der Waals surface area contributed by atoms with E-state index in [0.29, 0.717) is 25.9 Å². The Kier molecular flexibility index (Phi) is 3.08. The molecule has 7 nitrogen and oxygen atoms in total. The molecular formula is C11H15N3O4. The summed E-state index contributed by atoms with van der Waals surface area (Å²) in [5, 5.41) is 9.78. The zero-order valence-corrected chi connectivity index (χ0v) is 10.0. The largest absolute Gasteiger partial charge is 0.390 e. The van der Waals surface area contributed by atoms with Crippen LogP contribution in [-0.4, -0.2) is 44.6 Å². The minimum atomic E-state index is -0.756. The van der Waals surface area contributed by atoms with Gasteiger partial charge in [0.05, 0.1) is 5.60 Å². The number of H-pyrrole nitrogens is 2. The van der Waals surface area contributed by atoms with Crippen molar-refractivity contribution >= 4 is 5.91 Å². The molecule has 0 bridgehead atoms. The summed E-state index contributed by atoms with van der Waals surface area (Å²) in [6.45, 7) is 2.51. The zero-order valence-electron chi connectivity index (χ0n) is 10.0. The summed E-state index contributed by atoms with van der Waals surface area (Å²) < 4.78 is 0. The van der Waals surface area contributed by atoms with Gasteiger partial charge in [0.25, 0.3) is 11.5 Å². The predicted octanol–water partition coefficient (Wildman–Crippen LogP) is -0.950. The topological polar surface area (TPSA) is 106 Å². The summed E-state index contributed by atoms with van der Waals surface area (Å²) in [6.07, 6.45) is 2.07. The van der Waals surface area contributed by atoms with E-state index in [9.17, 15) is 19.5 Å². The monoisotopic (exact) mass is 253 g/mol. The van der Waals surface area contributed by atoms with Crippen LogP contribution in [0.3, 0.4) is 0 Å². The number of nitrogens with zero attached hydrogens (tertiary/aromatic N) is 1. The lowest BCUT2D eigenvalue weighted by atomic mass is 9.93. The lowest BCUT2D eigenvalue weighted by Gasteiger charge is -2.35. The Balaban J connectivity index is 2.18. The molecule has 0 unspecified atom stereocenters. The smallest absolute Gasteiger partial charge is 0.325 e. The molecular weight excluding hydrogens is 238 g/mol. The number of rotatable bonds is 1. The molecule has 0 atom stereocenters. The van der Waals surface area contributed by atoms with Crippen LogP contribution < -0.4 is 11.2 Å². The summed E-state index contributed by atoms with van der Waals surface area (Å²) in [5.41, 5.74) is -2.18. The van der Waals surface area contributed by atoms with Crippen LogP contribution >= 0.6 is 0 Å². The third kappa shape index (κ3) is 2.51. The highest BCUT2D eigenvalue weighted by Gasteiger charge is 2.30. The van der Waals surface area contributed by atoms with Crippen molar-refractivity contribution in [3.8, 4) is 0 Å². The van der Waals surface area contributed by atoms with Crippen LogP contribution in [0.25, 0.3) is 0 Å². The summed E-state index contributed by atoms with van der Waals surface area (Å²) in [5.74, 6) is -0.428. The van der Waals surface area contributed by atoms with E-state index < -0.39 is 22.8 Å². The van der Waals surface area contributed by atoms with Gasteiger partial charge in [-0.2, -0.15) is 0 Å². The number of amides is 1. The lowest BCUT2D eigenvalue weighted by Crippen LogP contribution is -2.46. The number of hydrogen-bond acceptors (Lipinski definition) is 4. The number of aromatic nitrogens is 2. The summed E-state index contributed by atoms with van der Waals surface area (Å²) in [6, 6.07) is 0. The molecule has 1 aromatic rings. The van der Waals surface area contributed by atoms with Gasteiger partial charge in [-0.15, -0.1) is 0 Å². The molecule has 1 fully saturated rings. The van der Waals surface area contributed by atoms with Crippen LogP contribution in [0.2, 0.25) is 0 Å². The zero-order chi connectivity index (χ0) is 13.3. The van der Waals surface area contributed by atoms with Crippen LogP contribution in [0.15, 0.2) is 15.8 Å². The fraction of sp³-hybridized carbons (Fsp3) is 0.545. The fourth-order valence-corrected chi connectivity index (χ4v) is 1.93. The van der Waals surface area contributed by atoms with Gasteiger partial charge in [0.2, 0.25) is 0 Å². The number of hydrogen-bond donors (Lipinski definition) is 3. The van der Waals surface area contributed by atoms with Crippen molar-refractivity contribution in [2.24, 2.45) is 0 Å². The van der Waals surface area contributed by atoms with Crippen molar-refractivity contribution in [2.45, 2.75) is 25.4 Å². The molecule has 7 heteroatoms. The molecule has 1 amide bonds. The standard InChI is InChI=1S/C11H15N3O4/c1-11(18)2-4-14(5-3-11)9(16)7-6-12-10(17)13-8(7)15/h6,18H,2-5H2,1H3,(H2,12,13,15,17). The van der Waals surface area contributed by atoms with Crippen molar-refractivity contribution in [1.82, 2.24) is 14.9 Å². The van der Waals surface area contributed by atoms with Crippen molar-refractivity contribution < 1.29 is 9.90 Å². The second-order valence-corrected chi connectivity index (χ2v) is 4.77. The van der Waals surface area contributed by atoms with E-state index in [4.69, 9.17) is 0 Å². The van der Waals surface area contributed by atoms with E-state index in [1.807, 2.05) is 4.98 Å². The van der Waals surface area contributed by atoms with E-state index in [1.165, 1.54) is 4.90 Å². The minimum absolute atomic E-state index is 0.0869. The van der Waals surface area contributed by atoms with E-state index in [-0.39, 0.29) is 5.56 Å². The number of carbonyl (C=O) groups is 1. The molecule has 1 aromatic heterocycles. The molecule has 0 radical (unpaired) electrons. The maximum Gasteiger partial charge on any atom is 0.325 e. The Morgan fingerprint density at radius 2 is 2.00 bits per heavy atom. The van der Waals surface area contributed by atoms with Gasteiger partial charge in [0.15, 0.2) is 0 Å². The van der Waals surface area contributed by atoms with E-state index in [2.05, 4.69) is 4.98 Å². The fourth-order valence-electron chi connectivity index (χ4n) is 1.93. The van der Waals surface area contributed by atoms with Gasteiger partial charge < -0.3 is 15.0 Å². The molecule has 0 saturated carbocycles. The van der Waals surface area contributed by atoms with Crippen LogP contribution in [0.5, 0.6) is 0 Å². The molecule has 0 aromatic carbocycles. The average molecular weight is 253 g/mol. The molecule has 0 aliphatic carbocycles. The molecule has 3 N–H and O–H groups in total.